The number of nitriles is 1. The van der Waals surface area contributed by atoms with Crippen molar-refractivity contribution >= 4 is 22.5 Å². The highest BCUT2D eigenvalue weighted by Gasteiger charge is 2.09. The number of aromatic nitrogens is 2. The molecule has 2 N–H and O–H groups in total. The molecule has 2 rings (SSSR count). The maximum absolute atomic E-state index is 11.2. The van der Waals surface area contributed by atoms with Gasteiger partial charge in [0, 0.05) is 0 Å². The fraction of sp³-hybridized carbons (Fsp3) is 0. The van der Waals surface area contributed by atoms with Gasteiger partial charge in [0.25, 0.3) is 5.56 Å². The van der Waals surface area contributed by atoms with Crippen LogP contribution in [0.3, 0.4) is 0 Å². The van der Waals surface area contributed by atoms with Crippen LogP contribution in [-0.2, 0) is 0 Å². The largest absolute Gasteiger partial charge is 0.297 e. The fourth-order valence-corrected chi connectivity index (χ4v) is 1.47. The average molecular weight is 194 g/mol. The molecule has 0 aliphatic rings. The van der Waals surface area contributed by atoms with E-state index in [0.29, 0.717) is 16.5 Å². The summed E-state index contributed by atoms with van der Waals surface area (Å²) in [7, 11) is 0. The number of H-pyrrole nitrogens is 2. The van der Waals surface area contributed by atoms with E-state index in [9.17, 15) is 4.79 Å². The van der Waals surface area contributed by atoms with E-state index in [4.69, 9.17) is 16.9 Å². The van der Waals surface area contributed by atoms with Crippen molar-refractivity contribution in [3.8, 4) is 6.07 Å². The lowest BCUT2D eigenvalue weighted by Gasteiger charge is -1.93. The van der Waals surface area contributed by atoms with E-state index in [1.54, 1.807) is 12.1 Å². The van der Waals surface area contributed by atoms with E-state index in [0.717, 1.165) is 0 Å². The normalized spacial score (nSPS) is 10.2. The van der Waals surface area contributed by atoms with Crippen LogP contribution in [0.5, 0.6) is 0 Å². The summed E-state index contributed by atoms with van der Waals surface area (Å²) in [6, 6.07) is 5.11. The van der Waals surface area contributed by atoms with Gasteiger partial charge in [-0.2, -0.15) is 5.26 Å². The molecule has 0 unspecified atom stereocenters. The first kappa shape index (κ1) is 7.90. The number of hydrogen-bond donors (Lipinski definition) is 2. The Labute approximate surface area is 77.7 Å². The van der Waals surface area contributed by atoms with Gasteiger partial charge in [-0.15, -0.1) is 0 Å². The third-order valence-electron chi connectivity index (χ3n) is 1.80. The topological polar surface area (TPSA) is 72.4 Å². The van der Waals surface area contributed by atoms with Gasteiger partial charge in [0.15, 0.2) is 0 Å². The van der Waals surface area contributed by atoms with Gasteiger partial charge in [0.1, 0.15) is 6.07 Å². The SMILES string of the molecule is N#Cc1ccc2[nH][nH]c(=O)c2c1Cl. The summed E-state index contributed by atoms with van der Waals surface area (Å²) in [4.78, 5) is 11.2. The lowest BCUT2D eigenvalue weighted by atomic mass is 10.2. The molecule has 0 saturated carbocycles. The van der Waals surface area contributed by atoms with Gasteiger partial charge in [0.2, 0.25) is 0 Å². The molecule has 0 saturated heterocycles. The molecule has 1 aromatic carbocycles. The Balaban J connectivity index is 3.02. The van der Waals surface area contributed by atoms with Crippen molar-refractivity contribution in [2.45, 2.75) is 0 Å². The average Bonchev–Trinajstić information content (AvgIpc) is 2.49. The number of rotatable bonds is 0. The van der Waals surface area contributed by atoms with Crippen molar-refractivity contribution in [2.75, 3.05) is 0 Å². The molecule has 5 heteroatoms. The fourth-order valence-electron chi connectivity index (χ4n) is 1.18. The third kappa shape index (κ3) is 1.02. The van der Waals surface area contributed by atoms with E-state index >= 15 is 0 Å². The van der Waals surface area contributed by atoms with Crippen molar-refractivity contribution in [1.82, 2.24) is 10.2 Å². The second-order valence-electron chi connectivity index (χ2n) is 2.54. The van der Waals surface area contributed by atoms with E-state index in [1.165, 1.54) is 0 Å². The zero-order valence-corrected chi connectivity index (χ0v) is 7.14. The molecule has 0 fully saturated rings. The first-order valence-corrected chi connectivity index (χ1v) is 3.91. The van der Waals surface area contributed by atoms with E-state index in [-0.39, 0.29) is 10.6 Å². The Morgan fingerprint density at radius 1 is 1.38 bits per heavy atom. The zero-order valence-electron chi connectivity index (χ0n) is 6.39. The summed E-state index contributed by atoms with van der Waals surface area (Å²) in [6.07, 6.45) is 0. The molecule has 0 atom stereocenters. The number of nitrogens with zero attached hydrogens (tertiary/aromatic N) is 1. The number of hydrogen-bond acceptors (Lipinski definition) is 2. The monoisotopic (exact) mass is 193 g/mol. The highest BCUT2D eigenvalue weighted by Crippen LogP contribution is 2.22. The summed E-state index contributed by atoms with van der Waals surface area (Å²) in [5, 5.41) is 14.2. The van der Waals surface area contributed by atoms with Crippen LogP contribution in [-0.4, -0.2) is 10.2 Å². The van der Waals surface area contributed by atoms with Crippen LogP contribution in [0.15, 0.2) is 16.9 Å². The zero-order chi connectivity index (χ0) is 9.42. The minimum Gasteiger partial charge on any atom is -0.297 e. The summed E-state index contributed by atoms with van der Waals surface area (Å²) in [6.45, 7) is 0. The molecule has 64 valence electrons. The molecule has 2 aromatic rings. The Bertz CT molecular complexity index is 561. The van der Waals surface area contributed by atoms with Crippen molar-refractivity contribution in [3.05, 3.63) is 33.1 Å². The first-order valence-electron chi connectivity index (χ1n) is 3.53. The maximum Gasteiger partial charge on any atom is 0.273 e. The number of fused-ring (bicyclic) bond motifs is 1. The Hall–Kier alpha value is -1.73. The third-order valence-corrected chi connectivity index (χ3v) is 2.19. The minimum atomic E-state index is -0.308. The summed E-state index contributed by atoms with van der Waals surface area (Å²) < 4.78 is 0. The lowest BCUT2D eigenvalue weighted by Crippen LogP contribution is -1.98. The molecule has 1 aromatic heterocycles. The van der Waals surface area contributed by atoms with Gasteiger partial charge in [-0.3, -0.25) is 15.0 Å². The quantitative estimate of drug-likeness (QED) is 0.664. The van der Waals surface area contributed by atoms with Crippen molar-refractivity contribution in [1.29, 1.82) is 5.26 Å². The van der Waals surface area contributed by atoms with Crippen LogP contribution in [0.1, 0.15) is 5.56 Å². The van der Waals surface area contributed by atoms with Crippen LogP contribution in [0.2, 0.25) is 5.02 Å². The Kier molecular flexibility index (Phi) is 1.61. The molecule has 0 aliphatic heterocycles. The minimum absolute atomic E-state index is 0.197. The molecule has 0 aliphatic carbocycles. The summed E-state index contributed by atoms with van der Waals surface area (Å²) in [5.41, 5.74) is 0.602. The van der Waals surface area contributed by atoms with Crippen molar-refractivity contribution in [2.24, 2.45) is 0 Å². The van der Waals surface area contributed by atoms with E-state index in [2.05, 4.69) is 10.2 Å². The van der Waals surface area contributed by atoms with Crippen molar-refractivity contribution < 1.29 is 0 Å². The predicted octanol–water partition coefficient (Wildman–Crippen LogP) is 1.38. The number of nitrogens with one attached hydrogen (secondary N) is 2. The van der Waals surface area contributed by atoms with Gasteiger partial charge >= 0.3 is 0 Å². The van der Waals surface area contributed by atoms with Gasteiger partial charge in [-0.05, 0) is 12.1 Å². The Morgan fingerprint density at radius 3 is 2.85 bits per heavy atom. The standard InChI is InChI=1S/C8H4ClN3O/c9-7-4(3-10)1-2-5-6(7)8(13)12-11-5/h1-2H,(H2,11,12,13). The van der Waals surface area contributed by atoms with Gasteiger partial charge in [-0.25, -0.2) is 0 Å². The van der Waals surface area contributed by atoms with Crippen molar-refractivity contribution in [3.63, 3.8) is 0 Å². The maximum atomic E-state index is 11.2. The van der Waals surface area contributed by atoms with Gasteiger partial charge in [-0.1, -0.05) is 11.6 Å². The van der Waals surface area contributed by atoms with Crippen LogP contribution in [0, 0.1) is 11.3 Å². The molecule has 0 radical (unpaired) electrons. The molecule has 0 amide bonds. The van der Waals surface area contributed by atoms with E-state index < -0.39 is 0 Å². The molecule has 13 heavy (non-hydrogen) atoms. The molecular weight excluding hydrogens is 190 g/mol. The number of aromatic amines is 2. The van der Waals surface area contributed by atoms with E-state index in [1.807, 2.05) is 6.07 Å². The van der Waals surface area contributed by atoms with Gasteiger partial charge < -0.3 is 0 Å². The summed E-state index contributed by atoms with van der Waals surface area (Å²) >= 11 is 5.83. The molecule has 1 heterocycles. The van der Waals surface area contributed by atoms with Crippen LogP contribution in [0.25, 0.3) is 10.9 Å². The smallest absolute Gasteiger partial charge is 0.273 e. The highest BCUT2D eigenvalue weighted by atomic mass is 35.5. The second kappa shape index (κ2) is 2.64. The molecule has 0 bridgehead atoms. The first-order chi connectivity index (χ1) is 6.24. The number of halogens is 1. The highest BCUT2D eigenvalue weighted by molar-refractivity contribution is 6.36. The predicted molar refractivity (Wildman–Crippen MR) is 48.6 cm³/mol. The Morgan fingerprint density at radius 2 is 2.15 bits per heavy atom. The molecular formula is C8H4ClN3O. The molecule has 0 spiro atoms. The number of benzene rings is 1. The van der Waals surface area contributed by atoms with Crippen LogP contribution < -0.4 is 5.56 Å². The van der Waals surface area contributed by atoms with Crippen LogP contribution >= 0.6 is 11.6 Å². The van der Waals surface area contributed by atoms with Crippen LogP contribution in [0.4, 0.5) is 0 Å². The van der Waals surface area contributed by atoms with Gasteiger partial charge in [0.05, 0.1) is 21.5 Å². The lowest BCUT2D eigenvalue weighted by molar-refractivity contribution is 1.08. The molecule has 4 nitrogen and oxygen atoms in total. The second-order valence-corrected chi connectivity index (χ2v) is 2.92. The summed E-state index contributed by atoms with van der Waals surface area (Å²) in [5.74, 6) is 0.